The number of hydrogen-bond acceptors (Lipinski definition) is 3. The first-order valence-electron chi connectivity index (χ1n) is 6.39. The highest BCUT2D eigenvalue weighted by molar-refractivity contribution is 5.13. The largest absolute Gasteiger partial charge is 0.391 e. The summed E-state index contributed by atoms with van der Waals surface area (Å²) in [5.41, 5.74) is 6.84. The topological polar surface area (TPSA) is 55.5 Å². The minimum Gasteiger partial charge on any atom is -0.391 e. The van der Waals surface area contributed by atoms with Crippen molar-refractivity contribution in [1.29, 1.82) is 0 Å². The van der Waals surface area contributed by atoms with E-state index >= 15 is 0 Å². The third-order valence-electron chi connectivity index (χ3n) is 3.00. The highest BCUT2D eigenvalue weighted by atomic mass is 16.5. The molecule has 3 atom stereocenters. The Balaban J connectivity index is 2.40. The average molecular weight is 249 g/mol. The van der Waals surface area contributed by atoms with Crippen LogP contribution in [-0.4, -0.2) is 23.4 Å². The van der Waals surface area contributed by atoms with Crippen molar-refractivity contribution in [2.45, 2.75) is 44.6 Å². The number of hydrogen-bond donors (Lipinski definition) is 2. The maximum Gasteiger partial charge on any atom is 0.0751 e. The fourth-order valence-electron chi connectivity index (χ4n) is 1.72. The van der Waals surface area contributed by atoms with Crippen LogP contribution < -0.4 is 5.73 Å². The molecular weight excluding hydrogens is 226 g/mol. The molecule has 100 valence electrons. The lowest BCUT2D eigenvalue weighted by Crippen LogP contribution is -2.35. The van der Waals surface area contributed by atoms with Crippen LogP contribution in [0.25, 0.3) is 0 Å². The van der Waals surface area contributed by atoms with Crippen molar-refractivity contribution in [3.05, 3.63) is 48.6 Å². The molecular formula is C15H23NO2. The molecule has 0 aliphatic rings. The van der Waals surface area contributed by atoms with E-state index in [1.165, 1.54) is 0 Å². The molecule has 1 aromatic rings. The zero-order chi connectivity index (χ0) is 13.4. The summed E-state index contributed by atoms with van der Waals surface area (Å²) < 4.78 is 5.79. The molecule has 0 radical (unpaired) electrons. The van der Waals surface area contributed by atoms with Crippen molar-refractivity contribution in [2.24, 2.45) is 5.73 Å². The molecule has 0 unspecified atom stereocenters. The van der Waals surface area contributed by atoms with Gasteiger partial charge >= 0.3 is 0 Å². The molecule has 1 rings (SSSR count). The third-order valence-corrected chi connectivity index (χ3v) is 3.00. The van der Waals surface area contributed by atoms with Gasteiger partial charge < -0.3 is 15.6 Å². The Bertz CT molecular complexity index is 340. The van der Waals surface area contributed by atoms with Crippen LogP contribution in [0.1, 0.15) is 25.3 Å². The third kappa shape index (κ3) is 5.00. The Kier molecular flexibility index (Phi) is 6.65. The van der Waals surface area contributed by atoms with E-state index in [9.17, 15) is 5.11 Å². The number of benzene rings is 1. The second kappa shape index (κ2) is 8.03. The molecule has 0 heterocycles. The van der Waals surface area contributed by atoms with E-state index in [0.717, 1.165) is 12.0 Å². The van der Waals surface area contributed by atoms with Gasteiger partial charge in [-0.1, -0.05) is 43.3 Å². The molecule has 0 fully saturated rings. The number of rotatable bonds is 8. The molecule has 3 N–H and O–H groups in total. The molecule has 0 saturated heterocycles. The van der Waals surface area contributed by atoms with E-state index in [4.69, 9.17) is 10.5 Å². The fourth-order valence-corrected chi connectivity index (χ4v) is 1.72. The first-order chi connectivity index (χ1) is 8.67. The van der Waals surface area contributed by atoms with E-state index < -0.39 is 6.10 Å². The van der Waals surface area contributed by atoms with Crippen molar-refractivity contribution in [3.63, 3.8) is 0 Å². The molecule has 0 saturated carbocycles. The lowest BCUT2D eigenvalue weighted by Gasteiger charge is -2.22. The first kappa shape index (κ1) is 14.9. The van der Waals surface area contributed by atoms with Crippen LogP contribution in [-0.2, 0) is 11.3 Å². The quantitative estimate of drug-likeness (QED) is 0.695. The van der Waals surface area contributed by atoms with Gasteiger partial charge in [0.05, 0.1) is 18.8 Å². The van der Waals surface area contributed by atoms with Gasteiger partial charge in [-0.3, -0.25) is 0 Å². The van der Waals surface area contributed by atoms with Gasteiger partial charge in [-0.05, 0) is 12.0 Å². The molecule has 1 aromatic carbocycles. The van der Waals surface area contributed by atoms with Gasteiger partial charge in [0.25, 0.3) is 0 Å². The van der Waals surface area contributed by atoms with E-state index in [1.807, 2.05) is 37.3 Å². The van der Waals surface area contributed by atoms with Crippen molar-refractivity contribution in [2.75, 3.05) is 0 Å². The van der Waals surface area contributed by atoms with Gasteiger partial charge in [-0.25, -0.2) is 0 Å². The summed E-state index contributed by atoms with van der Waals surface area (Å²) in [5, 5.41) is 9.84. The Morgan fingerprint density at radius 1 is 1.39 bits per heavy atom. The fraction of sp³-hybridized carbons (Fsp3) is 0.467. The van der Waals surface area contributed by atoms with Crippen LogP contribution in [0.4, 0.5) is 0 Å². The Labute approximate surface area is 109 Å². The molecule has 0 aliphatic carbocycles. The predicted octanol–water partition coefficient (Wildman–Crippen LogP) is 2.25. The summed E-state index contributed by atoms with van der Waals surface area (Å²) in [6.07, 6.45) is 2.38. The number of aliphatic hydroxyl groups excluding tert-OH is 1. The smallest absolute Gasteiger partial charge is 0.0751 e. The summed E-state index contributed by atoms with van der Waals surface area (Å²) in [7, 11) is 0. The Morgan fingerprint density at radius 2 is 2.06 bits per heavy atom. The maximum absolute atomic E-state index is 9.84. The molecule has 3 nitrogen and oxygen atoms in total. The highest BCUT2D eigenvalue weighted by Crippen LogP contribution is 2.12. The monoisotopic (exact) mass is 249 g/mol. The summed E-state index contributed by atoms with van der Waals surface area (Å²) in [6.45, 7) is 6.19. The van der Waals surface area contributed by atoms with Crippen LogP contribution in [0, 0.1) is 0 Å². The van der Waals surface area contributed by atoms with Crippen molar-refractivity contribution >= 4 is 0 Å². The Hall–Kier alpha value is -1.16. The van der Waals surface area contributed by atoms with Gasteiger partial charge in [-0.15, -0.1) is 6.58 Å². The predicted molar refractivity (Wildman–Crippen MR) is 74.1 cm³/mol. The summed E-state index contributed by atoms with van der Waals surface area (Å²) >= 11 is 0. The molecule has 0 aliphatic heterocycles. The van der Waals surface area contributed by atoms with Gasteiger partial charge in [-0.2, -0.15) is 0 Å². The van der Waals surface area contributed by atoms with Crippen LogP contribution in [0.3, 0.4) is 0 Å². The van der Waals surface area contributed by atoms with Gasteiger partial charge in [0.1, 0.15) is 0 Å². The molecule has 18 heavy (non-hydrogen) atoms. The zero-order valence-corrected chi connectivity index (χ0v) is 11.0. The van der Waals surface area contributed by atoms with Crippen molar-refractivity contribution < 1.29 is 9.84 Å². The zero-order valence-electron chi connectivity index (χ0n) is 11.0. The van der Waals surface area contributed by atoms with E-state index in [2.05, 4.69) is 6.58 Å². The minimum absolute atomic E-state index is 0.0196. The average Bonchev–Trinajstić information content (AvgIpc) is 2.43. The molecule has 0 amide bonds. The Morgan fingerprint density at radius 3 is 2.61 bits per heavy atom. The van der Waals surface area contributed by atoms with Crippen molar-refractivity contribution in [3.8, 4) is 0 Å². The minimum atomic E-state index is -0.594. The van der Waals surface area contributed by atoms with Gasteiger partial charge in [0.2, 0.25) is 0 Å². The molecule has 0 aromatic heterocycles. The maximum atomic E-state index is 9.84. The number of nitrogens with two attached hydrogens (primary N) is 1. The van der Waals surface area contributed by atoms with E-state index in [0.29, 0.717) is 13.0 Å². The van der Waals surface area contributed by atoms with E-state index in [-0.39, 0.29) is 12.1 Å². The van der Waals surface area contributed by atoms with Crippen LogP contribution in [0.5, 0.6) is 0 Å². The van der Waals surface area contributed by atoms with Crippen LogP contribution in [0.2, 0.25) is 0 Å². The van der Waals surface area contributed by atoms with Crippen LogP contribution >= 0.6 is 0 Å². The standard InChI is InChI=1S/C15H23NO2/c1-3-13(10-15(17)14(16)4-2)18-11-12-8-6-5-7-9-12/h4-9,13-15,17H,2-3,10-11,16H2,1H3/t13-,14+,15+/m1/s1. The molecule has 3 heteroatoms. The van der Waals surface area contributed by atoms with Crippen LogP contribution in [0.15, 0.2) is 43.0 Å². The van der Waals surface area contributed by atoms with Crippen molar-refractivity contribution in [1.82, 2.24) is 0 Å². The summed E-state index contributed by atoms with van der Waals surface area (Å²) in [4.78, 5) is 0. The van der Waals surface area contributed by atoms with E-state index in [1.54, 1.807) is 6.08 Å². The lowest BCUT2D eigenvalue weighted by molar-refractivity contribution is -0.000430. The lowest BCUT2D eigenvalue weighted by atomic mass is 10.0. The SMILES string of the molecule is C=C[C@H](N)[C@@H](O)C[C@@H](CC)OCc1ccccc1. The second-order valence-corrected chi connectivity index (χ2v) is 4.44. The number of ether oxygens (including phenoxy) is 1. The highest BCUT2D eigenvalue weighted by Gasteiger charge is 2.17. The summed E-state index contributed by atoms with van der Waals surface area (Å²) in [6, 6.07) is 9.62. The number of aliphatic hydroxyl groups is 1. The van der Waals surface area contributed by atoms with Gasteiger partial charge in [0, 0.05) is 12.5 Å². The first-order valence-corrected chi connectivity index (χ1v) is 6.39. The summed E-state index contributed by atoms with van der Waals surface area (Å²) in [5.74, 6) is 0. The second-order valence-electron chi connectivity index (χ2n) is 4.44. The normalized spacial score (nSPS) is 15.9. The van der Waals surface area contributed by atoms with Gasteiger partial charge in [0.15, 0.2) is 0 Å². The molecule has 0 bridgehead atoms. The molecule has 0 spiro atoms.